The van der Waals surface area contributed by atoms with Gasteiger partial charge in [0.1, 0.15) is 0 Å². The number of hydrogen-bond donors (Lipinski definition) is 1. The van der Waals surface area contributed by atoms with Crippen LogP contribution in [0.25, 0.3) is 11.3 Å². The lowest BCUT2D eigenvalue weighted by molar-refractivity contribution is 0.355. The maximum absolute atomic E-state index is 5.24. The third-order valence-electron chi connectivity index (χ3n) is 2.27. The maximum Gasteiger partial charge on any atom is 0.161 e. The minimum absolute atomic E-state index is 0.696. The van der Waals surface area contributed by atoms with Crippen molar-refractivity contribution in [3.63, 3.8) is 0 Å². The molecule has 0 radical (unpaired) electrons. The van der Waals surface area contributed by atoms with Crippen LogP contribution in [0.15, 0.2) is 28.9 Å². The third-order valence-corrected chi connectivity index (χ3v) is 2.87. The van der Waals surface area contributed by atoms with Crippen LogP contribution < -0.4 is 9.47 Å². The Morgan fingerprint density at radius 3 is 2.50 bits per heavy atom. The summed E-state index contributed by atoms with van der Waals surface area (Å²) in [6.45, 7) is 0. The van der Waals surface area contributed by atoms with E-state index in [0.29, 0.717) is 11.5 Å². The van der Waals surface area contributed by atoms with Gasteiger partial charge in [0.2, 0.25) is 0 Å². The predicted molar refractivity (Wildman–Crippen MR) is 64.8 cm³/mol. The first kappa shape index (κ1) is 11.0. The van der Waals surface area contributed by atoms with Gasteiger partial charge in [-0.1, -0.05) is 0 Å². The zero-order valence-electron chi connectivity index (χ0n) is 8.95. The van der Waals surface area contributed by atoms with Gasteiger partial charge in [-0.3, -0.25) is 5.10 Å². The molecule has 0 atom stereocenters. The van der Waals surface area contributed by atoms with Gasteiger partial charge in [-0.15, -0.1) is 0 Å². The smallest absolute Gasteiger partial charge is 0.161 e. The largest absolute Gasteiger partial charge is 0.493 e. The number of halogens is 1. The number of aromatic nitrogens is 2. The van der Waals surface area contributed by atoms with Gasteiger partial charge in [-0.05, 0) is 34.1 Å². The molecule has 0 spiro atoms. The number of nitrogens with one attached hydrogen (secondary N) is 1. The highest BCUT2D eigenvalue weighted by atomic mass is 79.9. The molecule has 4 nitrogen and oxygen atoms in total. The standard InChI is InChI=1S/C11H11BrN2O2/c1-15-9-4-3-7(5-10(9)16-2)11-8(12)6-13-14-11/h3-6H,1-2H3,(H,13,14). The number of ether oxygens (including phenoxy) is 2. The van der Waals surface area contributed by atoms with E-state index in [0.717, 1.165) is 15.7 Å². The van der Waals surface area contributed by atoms with E-state index < -0.39 is 0 Å². The van der Waals surface area contributed by atoms with Crippen LogP contribution in [-0.4, -0.2) is 24.4 Å². The van der Waals surface area contributed by atoms with Crippen molar-refractivity contribution in [2.45, 2.75) is 0 Å². The van der Waals surface area contributed by atoms with Crippen LogP contribution in [0.1, 0.15) is 0 Å². The van der Waals surface area contributed by atoms with E-state index in [4.69, 9.17) is 9.47 Å². The summed E-state index contributed by atoms with van der Waals surface area (Å²) in [4.78, 5) is 0. The molecule has 1 heterocycles. The molecule has 0 aliphatic heterocycles. The molecule has 0 aliphatic rings. The second kappa shape index (κ2) is 4.57. The molecule has 0 bridgehead atoms. The molecule has 84 valence electrons. The van der Waals surface area contributed by atoms with Crippen LogP contribution in [0, 0.1) is 0 Å². The van der Waals surface area contributed by atoms with Crippen molar-refractivity contribution in [1.82, 2.24) is 10.2 Å². The Morgan fingerprint density at radius 2 is 1.94 bits per heavy atom. The minimum atomic E-state index is 0.696. The molecule has 5 heteroatoms. The van der Waals surface area contributed by atoms with E-state index in [1.54, 1.807) is 20.4 Å². The summed E-state index contributed by atoms with van der Waals surface area (Å²) in [5, 5.41) is 6.87. The number of H-pyrrole nitrogens is 1. The molecule has 1 N–H and O–H groups in total. The lowest BCUT2D eigenvalue weighted by atomic mass is 10.1. The Morgan fingerprint density at radius 1 is 1.19 bits per heavy atom. The number of rotatable bonds is 3. The monoisotopic (exact) mass is 282 g/mol. The van der Waals surface area contributed by atoms with Crippen LogP contribution in [0.2, 0.25) is 0 Å². The van der Waals surface area contributed by atoms with Gasteiger partial charge >= 0.3 is 0 Å². The lowest BCUT2D eigenvalue weighted by Crippen LogP contribution is -1.91. The quantitative estimate of drug-likeness (QED) is 0.942. The highest BCUT2D eigenvalue weighted by Crippen LogP contribution is 2.33. The van der Waals surface area contributed by atoms with Gasteiger partial charge in [-0.25, -0.2) is 0 Å². The van der Waals surface area contributed by atoms with E-state index in [1.165, 1.54) is 0 Å². The first-order valence-corrected chi connectivity index (χ1v) is 5.47. The Kier molecular flexibility index (Phi) is 3.14. The molecular formula is C11H11BrN2O2. The van der Waals surface area contributed by atoms with Gasteiger partial charge < -0.3 is 9.47 Å². The van der Waals surface area contributed by atoms with E-state index in [1.807, 2.05) is 18.2 Å². The normalized spacial score (nSPS) is 10.2. The van der Waals surface area contributed by atoms with Crippen LogP contribution in [-0.2, 0) is 0 Å². The summed E-state index contributed by atoms with van der Waals surface area (Å²) in [5.74, 6) is 1.41. The number of nitrogens with zero attached hydrogens (tertiary/aromatic N) is 1. The van der Waals surface area contributed by atoms with Crippen LogP contribution in [0.3, 0.4) is 0 Å². The third kappa shape index (κ3) is 1.90. The van der Waals surface area contributed by atoms with Crippen LogP contribution in [0.5, 0.6) is 11.5 Å². The number of aromatic amines is 1. The van der Waals surface area contributed by atoms with Crippen molar-refractivity contribution >= 4 is 15.9 Å². The SMILES string of the molecule is COc1ccc(-c2[nH]ncc2Br)cc1OC. The summed E-state index contributed by atoms with van der Waals surface area (Å²) in [7, 11) is 3.23. The van der Waals surface area contributed by atoms with E-state index >= 15 is 0 Å². The molecule has 0 unspecified atom stereocenters. The molecule has 0 fully saturated rings. The summed E-state index contributed by atoms with van der Waals surface area (Å²) in [5.41, 5.74) is 1.91. The highest BCUT2D eigenvalue weighted by Gasteiger charge is 2.09. The molecule has 0 saturated heterocycles. The second-order valence-corrected chi connectivity index (χ2v) is 4.02. The highest BCUT2D eigenvalue weighted by molar-refractivity contribution is 9.10. The van der Waals surface area contributed by atoms with Gasteiger partial charge in [0.15, 0.2) is 11.5 Å². The second-order valence-electron chi connectivity index (χ2n) is 3.16. The number of hydrogen-bond acceptors (Lipinski definition) is 3. The summed E-state index contributed by atoms with van der Waals surface area (Å²) < 4.78 is 11.3. The van der Waals surface area contributed by atoms with Crippen molar-refractivity contribution in [2.75, 3.05) is 14.2 Å². The van der Waals surface area contributed by atoms with Crippen molar-refractivity contribution in [1.29, 1.82) is 0 Å². The minimum Gasteiger partial charge on any atom is -0.493 e. The molecule has 2 rings (SSSR count). The Balaban J connectivity index is 2.48. The summed E-state index contributed by atoms with van der Waals surface area (Å²) >= 11 is 3.42. The van der Waals surface area contributed by atoms with E-state index in [-0.39, 0.29) is 0 Å². The number of methoxy groups -OCH3 is 2. The number of benzene rings is 1. The summed E-state index contributed by atoms with van der Waals surface area (Å²) in [6, 6.07) is 5.71. The predicted octanol–water partition coefficient (Wildman–Crippen LogP) is 2.86. The van der Waals surface area contributed by atoms with Crippen molar-refractivity contribution in [3.05, 3.63) is 28.9 Å². The van der Waals surface area contributed by atoms with Gasteiger partial charge in [0, 0.05) is 5.56 Å². The molecule has 16 heavy (non-hydrogen) atoms. The molecule has 1 aromatic carbocycles. The molecule has 0 amide bonds. The Bertz CT molecular complexity index is 496. The van der Waals surface area contributed by atoms with E-state index in [9.17, 15) is 0 Å². The topological polar surface area (TPSA) is 47.1 Å². The molecule has 0 aliphatic carbocycles. The molecular weight excluding hydrogens is 272 g/mol. The zero-order chi connectivity index (χ0) is 11.5. The molecule has 0 saturated carbocycles. The molecule has 1 aromatic heterocycles. The zero-order valence-corrected chi connectivity index (χ0v) is 10.5. The van der Waals surface area contributed by atoms with Crippen LogP contribution in [0.4, 0.5) is 0 Å². The average molecular weight is 283 g/mol. The van der Waals surface area contributed by atoms with Crippen molar-refractivity contribution < 1.29 is 9.47 Å². The van der Waals surface area contributed by atoms with Crippen LogP contribution >= 0.6 is 15.9 Å². The fourth-order valence-electron chi connectivity index (χ4n) is 1.47. The Hall–Kier alpha value is -1.49. The fraction of sp³-hybridized carbons (Fsp3) is 0.182. The van der Waals surface area contributed by atoms with Crippen molar-refractivity contribution in [3.8, 4) is 22.8 Å². The van der Waals surface area contributed by atoms with Gasteiger partial charge in [0.25, 0.3) is 0 Å². The summed E-state index contributed by atoms with van der Waals surface area (Å²) in [6.07, 6.45) is 1.71. The van der Waals surface area contributed by atoms with Gasteiger partial charge in [0.05, 0.1) is 30.6 Å². The molecule has 2 aromatic rings. The van der Waals surface area contributed by atoms with E-state index in [2.05, 4.69) is 26.1 Å². The first-order valence-electron chi connectivity index (χ1n) is 4.67. The first-order chi connectivity index (χ1) is 7.76. The van der Waals surface area contributed by atoms with Crippen molar-refractivity contribution in [2.24, 2.45) is 0 Å². The maximum atomic E-state index is 5.24. The average Bonchev–Trinajstić information content (AvgIpc) is 2.74. The fourth-order valence-corrected chi connectivity index (χ4v) is 1.89. The van der Waals surface area contributed by atoms with Gasteiger partial charge in [-0.2, -0.15) is 5.10 Å². The Labute approximate surface area is 102 Å². The lowest BCUT2D eigenvalue weighted by Gasteiger charge is -2.08.